The van der Waals surface area contributed by atoms with E-state index in [1.54, 1.807) is 0 Å². The summed E-state index contributed by atoms with van der Waals surface area (Å²) in [5.74, 6) is 1.55. The van der Waals surface area contributed by atoms with Gasteiger partial charge in [-0.1, -0.05) is 27.2 Å². The van der Waals surface area contributed by atoms with E-state index in [-0.39, 0.29) is 0 Å². The Bertz CT molecular complexity index is 305. The van der Waals surface area contributed by atoms with Crippen molar-refractivity contribution in [1.29, 1.82) is 0 Å². The van der Waals surface area contributed by atoms with Gasteiger partial charge in [0.2, 0.25) is 0 Å². The van der Waals surface area contributed by atoms with Gasteiger partial charge in [-0.05, 0) is 49.5 Å². The predicted octanol–water partition coefficient (Wildman–Crippen LogP) is 2.89. The molecule has 1 aliphatic heterocycles. The van der Waals surface area contributed by atoms with Crippen LogP contribution >= 0.6 is 0 Å². The molecule has 0 aromatic rings. The summed E-state index contributed by atoms with van der Waals surface area (Å²) in [6, 6.07) is 0.974. The van der Waals surface area contributed by atoms with E-state index in [4.69, 9.17) is 10.5 Å². The van der Waals surface area contributed by atoms with Crippen molar-refractivity contribution < 1.29 is 4.74 Å². The van der Waals surface area contributed by atoms with Gasteiger partial charge in [0.05, 0.1) is 6.61 Å². The van der Waals surface area contributed by atoms with Crippen LogP contribution in [-0.2, 0) is 4.74 Å². The Morgan fingerprint density at radius 3 is 2.65 bits per heavy atom. The number of nitrogens with two attached hydrogens (primary N) is 1. The van der Waals surface area contributed by atoms with Gasteiger partial charge in [0.1, 0.15) is 0 Å². The van der Waals surface area contributed by atoms with Gasteiger partial charge in [0.25, 0.3) is 0 Å². The van der Waals surface area contributed by atoms with Crippen molar-refractivity contribution in [2.24, 2.45) is 23.0 Å². The summed E-state index contributed by atoms with van der Waals surface area (Å²) >= 11 is 0. The first-order valence-corrected chi connectivity index (χ1v) is 8.46. The zero-order valence-electron chi connectivity index (χ0n) is 13.9. The van der Waals surface area contributed by atoms with Gasteiger partial charge in [-0.15, -0.1) is 0 Å². The Kier molecular flexibility index (Phi) is 5.49. The van der Waals surface area contributed by atoms with Crippen molar-refractivity contribution in [3.63, 3.8) is 0 Å². The van der Waals surface area contributed by atoms with E-state index in [1.807, 2.05) is 7.11 Å². The van der Waals surface area contributed by atoms with Crippen LogP contribution in [0.3, 0.4) is 0 Å². The van der Waals surface area contributed by atoms with Crippen molar-refractivity contribution in [2.75, 3.05) is 26.8 Å². The van der Waals surface area contributed by atoms with E-state index < -0.39 is 0 Å². The Morgan fingerprint density at radius 1 is 1.25 bits per heavy atom. The molecule has 1 heterocycles. The second kappa shape index (κ2) is 6.76. The molecule has 2 N–H and O–H groups in total. The van der Waals surface area contributed by atoms with Crippen LogP contribution in [0.4, 0.5) is 0 Å². The summed E-state index contributed by atoms with van der Waals surface area (Å²) in [6.07, 6.45) is 6.35. The molecule has 118 valence electrons. The lowest BCUT2D eigenvalue weighted by atomic mass is 9.67. The molecule has 20 heavy (non-hydrogen) atoms. The molecule has 1 aliphatic carbocycles. The molecule has 0 bridgehead atoms. The third-order valence-electron chi connectivity index (χ3n) is 6.07. The molecule has 3 heteroatoms. The number of ether oxygens (including phenoxy) is 1. The van der Waals surface area contributed by atoms with Crippen molar-refractivity contribution >= 4 is 0 Å². The maximum Gasteiger partial charge on any atom is 0.0503 e. The van der Waals surface area contributed by atoms with Gasteiger partial charge in [-0.2, -0.15) is 0 Å². The molecular formula is C17H34N2O. The molecule has 0 amide bonds. The SMILES string of the molecule is CCC(C)(C)C1CCC(N)C(N2CCC(COC)C2)C1. The Hall–Kier alpha value is -0.120. The topological polar surface area (TPSA) is 38.5 Å². The van der Waals surface area contributed by atoms with Crippen LogP contribution in [-0.4, -0.2) is 43.8 Å². The maximum absolute atomic E-state index is 6.45. The second-order valence-corrected chi connectivity index (χ2v) is 7.69. The molecule has 4 atom stereocenters. The fraction of sp³-hybridized carbons (Fsp3) is 1.00. The zero-order valence-corrected chi connectivity index (χ0v) is 13.9. The quantitative estimate of drug-likeness (QED) is 0.842. The Labute approximate surface area is 125 Å². The number of methoxy groups -OCH3 is 1. The van der Waals surface area contributed by atoms with Gasteiger partial charge in [0, 0.05) is 25.7 Å². The van der Waals surface area contributed by atoms with Crippen LogP contribution in [0.15, 0.2) is 0 Å². The lowest BCUT2D eigenvalue weighted by molar-refractivity contribution is 0.0667. The summed E-state index contributed by atoms with van der Waals surface area (Å²) in [5.41, 5.74) is 6.91. The van der Waals surface area contributed by atoms with Gasteiger partial charge in [0.15, 0.2) is 0 Å². The van der Waals surface area contributed by atoms with Crippen LogP contribution in [0.25, 0.3) is 0 Å². The smallest absolute Gasteiger partial charge is 0.0503 e. The van der Waals surface area contributed by atoms with Crippen LogP contribution in [0.2, 0.25) is 0 Å². The number of likely N-dealkylation sites (tertiary alicyclic amines) is 1. The molecule has 1 saturated heterocycles. The van der Waals surface area contributed by atoms with E-state index in [0.29, 0.717) is 23.4 Å². The Morgan fingerprint density at radius 2 is 2.00 bits per heavy atom. The second-order valence-electron chi connectivity index (χ2n) is 7.69. The normalized spacial score (nSPS) is 36.5. The van der Waals surface area contributed by atoms with Crippen molar-refractivity contribution in [2.45, 2.75) is 65.0 Å². The molecule has 3 nitrogen and oxygen atoms in total. The van der Waals surface area contributed by atoms with E-state index in [0.717, 1.165) is 12.5 Å². The monoisotopic (exact) mass is 282 g/mol. The average Bonchev–Trinajstić information content (AvgIpc) is 2.88. The molecule has 0 radical (unpaired) electrons. The Balaban J connectivity index is 1.96. The van der Waals surface area contributed by atoms with Crippen LogP contribution in [0.5, 0.6) is 0 Å². The van der Waals surface area contributed by atoms with Crippen LogP contribution < -0.4 is 5.73 Å². The minimum atomic E-state index is 0.375. The molecular weight excluding hydrogens is 248 g/mol. The molecule has 4 unspecified atom stereocenters. The first-order chi connectivity index (χ1) is 9.47. The average molecular weight is 282 g/mol. The first-order valence-electron chi connectivity index (χ1n) is 8.46. The summed E-state index contributed by atoms with van der Waals surface area (Å²) in [7, 11) is 1.81. The summed E-state index contributed by atoms with van der Waals surface area (Å²) in [4.78, 5) is 2.66. The molecule has 2 fully saturated rings. The lowest BCUT2D eigenvalue weighted by Crippen LogP contribution is -2.52. The fourth-order valence-electron chi connectivity index (χ4n) is 4.12. The van der Waals surface area contributed by atoms with Gasteiger partial charge >= 0.3 is 0 Å². The number of rotatable bonds is 5. The van der Waals surface area contributed by atoms with Gasteiger partial charge < -0.3 is 10.5 Å². The van der Waals surface area contributed by atoms with Crippen LogP contribution in [0, 0.1) is 17.3 Å². The van der Waals surface area contributed by atoms with Crippen molar-refractivity contribution in [3.8, 4) is 0 Å². The molecule has 2 aliphatic rings. The van der Waals surface area contributed by atoms with Crippen LogP contribution in [0.1, 0.15) is 52.9 Å². The molecule has 2 rings (SSSR count). The predicted molar refractivity (Wildman–Crippen MR) is 84.7 cm³/mol. The summed E-state index contributed by atoms with van der Waals surface area (Å²) in [6.45, 7) is 10.5. The standard InChI is InChI=1S/C17H34N2O/c1-5-17(2,3)14-6-7-15(18)16(10-14)19-9-8-13(11-19)12-20-4/h13-16H,5-12,18H2,1-4H3. The highest BCUT2D eigenvalue weighted by Gasteiger charge is 2.40. The van der Waals surface area contributed by atoms with E-state index >= 15 is 0 Å². The minimum absolute atomic E-state index is 0.375. The largest absolute Gasteiger partial charge is 0.384 e. The van der Waals surface area contributed by atoms with E-state index in [2.05, 4.69) is 25.7 Å². The van der Waals surface area contributed by atoms with E-state index in [1.165, 1.54) is 45.2 Å². The fourth-order valence-corrected chi connectivity index (χ4v) is 4.12. The highest BCUT2D eigenvalue weighted by Crippen LogP contribution is 2.42. The maximum atomic E-state index is 6.45. The van der Waals surface area contributed by atoms with E-state index in [9.17, 15) is 0 Å². The third-order valence-corrected chi connectivity index (χ3v) is 6.07. The van der Waals surface area contributed by atoms with Crippen molar-refractivity contribution in [1.82, 2.24) is 4.90 Å². The first kappa shape index (κ1) is 16.3. The molecule has 0 aromatic carbocycles. The highest BCUT2D eigenvalue weighted by molar-refractivity contribution is 4.95. The van der Waals surface area contributed by atoms with Crippen molar-refractivity contribution in [3.05, 3.63) is 0 Å². The van der Waals surface area contributed by atoms with Gasteiger partial charge in [-0.25, -0.2) is 0 Å². The summed E-state index contributed by atoms with van der Waals surface area (Å²) < 4.78 is 5.32. The molecule has 0 aromatic heterocycles. The minimum Gasteiger partial charge on any atom is -0.384 e. The number of hydrogen-bond acceptors (Lipinski definition) is 3. The third kappa shape index (κ3) is 3.55. The molecule has 0 spiro atoms. The zero-order chi connectivity index (χ0) is 14.8. The summed E-state index contributed by atoms with van der Waals surface area (Å²) in [5, 5.41) is 0. The number of nitrogens with zero attached hydrogens (tertiary/aromatic N) is 1. The number of hydrogen-bond donors (Lipinski definition) is 1. The van der Waals surface area contributed by atoms with Gasteiger partial charge in [-0.3, -0.25) is 4.90 Å². The molecule has 1 saturated carbocycles. The lowest BCUT2D eigenvalue weighted by Gasteiger charge is -2.45. The highest BCUT2D eigenvalue weighted by atomic mass is 16.5.